The van der Waals surface area contributed by atoms with Crippen LogP contribution in [0.3, 0.4) is 0 Å². The molecule has 33 heavy (non-hydrogen) atoms. The van der Waals surface area contributed by atoms with Gasteiger partial charge in [0.05, 0.1) is 25.4 Å². The van der Waals surface area contributed by atoms with Crippen LogP contribution in [-0.2, 0) is 6.42 Å². The van der Waals surface area contributed by atoms with Gasteiger partial charge >= 0.3 is 0 Å². The lowest BCUT2D eigenvalue weighted by Gasteiger charge is -2.19. The number of carbonyl (C=O) groups excluding carboxylic acids is 1. The Hall–Kier alpha value is -4.06. The molecule has 4 aromatic rings. The molecule has 0 fully saturated rings. The van der Waals surface area contributed by atoms with E-state index in [0.717, 1.165) is 30.0 Å². The van der Waals surface area contributed by atoms with Crippen molar-refractivity contribution in [2.24, 2.45) is 0 Å². The summed E-state index contributed by atoms with van der Waals surface area (Å²) in [7, 11) is 3.15. The zero-order chi connectivity index (χ0) is 22.9. The fraction of sp³-hybridized carbons (Fsp3) is 0.185. The number of benzene rings is 3. The van der Waals surface area contributed by atoms with Gasteiger partial charge in [-0.15, -0.1) is 0 Å². The first-order valence-electron chi connectivity index (χ1n) is 10.9. The largest absolute Gasteiger partial charge is 0.497 e. The summed E-state index contributed by atoms with van der Waals surface area (Å²) in [6, 6.07) is 21.5. The second kappa shape index (κ2) is 8.47. The Bertz CT molecular complexity index is 1350. The predicted molar refractivity (Wildman–Crippen MR) is 131 cm³/mol. The molecule has 1 N–H and O–H groups in total. The number of ether oxygens (including phenoxy) is 2. The van der Waals surface area contributed by atoms with Gasteiger partial charge in [0, 0.05) is 29.2 Å². The Morgan fingerprint density at radius 2 is 1.79 bits per heavy atom. The summed E-state index contributed by atoms with van der Waals surface area (Å²) in [5.74, 6) is 1.99. The van der Waals surface area contributed by atoms with Crippen molar-refractivity contribution in [2.45, 2.75) is 13.3 Å². The lowest BCUT2D eigenvalue weighted by atomic mass is 10.1. The fourth-order valence-corrected chi connectivity index (χ4v) is 4.22. The van der Waals surface area contributed by atoms with Crippen molar-refractivity contribution in [3.63, 3.8) is 0 Å². The molecular weight excluding hydrogens is 414 g/mol. The van der Waals surface area contributed by atoms with Crippen molar-refractivity contribution in [2.75, 3.05) is 31.0 Å². The molecule has 0 aliphatic carbocycles. The SMILES string of the molecule is COc1ccc(OC)c(NC(=O)c2ccc(N3CCc4cc5ccc(C)cc5nc43)cc2)c1. The second-order valence-electron chi connectivity index (χ2n) is 8.14. The molecule has 6 heteroatoms. The highest BCUT2D eigenvalue weighted by Crippen LogP contribution is 2.35. The molecule has 0 spiro atoms. The van der Waals surface area contributed by atoms with E-state index in [-0.39, 0.29) is 5.91 Å². The van der Waals surface area contributed by atoms with Crippen LogP contribution in [0.25, 0.3) is 10.9 Å². The maximum atomic E-state index is 12.9. The normalized spacial score (nSPS) is 12.5. The van der Waals surface area contributed by atoms with E-state index < -0.39 is 0 Å². The van der Waals surface area contributed by atoms with Crippen LogP contribution in [0.2, 0.25) is 0 Å². The Kier molecular flexibility index (Phi) is 5.34. The number of hydrogen-bond acceptors (Lipinski definition) is 5. The first kappa shape index (κ1) is 20.8. The number of carbonyl (C=O) groups is 1. The molecule has 166 valence electrons. The van der Waals surface area contributed by atoms with Gasteiger partial charge < -0.3 is 19.7 Å². The van der Waals surface area contributed by atoms with Gasteiger partial charge in [-0.3, -0.25) is 4.79 Å². The summed E-state index contributed by atoms with van der Waals surface area (Å²) in [6.45, 7) is 2.95. The summed E-state index contributed by atoms with van der Waals surface area (Å²) >= 11 is 0. The number of aromatic nitrogens is 1. The highest BCUT2D eigenvalue weighted by molar-refractivity contribution is 6.05. The molecule has 1 amide bonds. The molecular formula is C27H25N3O3. The van der Waals surface area contributed by atoms with Crippen molar-refractivity contribution >= 4 is 34.0 Å². The van der Waals surface area contributed by atoms with Gasteiger partial charge in [-0.05, 0) is 73.0 Å². The molecule has 2 heterocycles. The highest BCUT2D eigenvalue weighted by Gasteiger charge is 2.23. The third-order valence-corrected chi connectivity index (χ3v) is 5.99. The Balaban J connectivity index is 1.38. The monoisotopic (exact) mass is 439 g/mol. The van der Waals surface area contributed by atoms with Gasteiger partial charge in [0.25, 0.3) is 5.91 Å². The number of rotatable bonds is 5. The molecule has 1 aromatic heterocycles. The van der Waals surface area contributed by atoms with Crippen molar-refractivity contribution < 1.29 is 14.3 Å². The van der Waals surface area contributed by atoms with Crippen LogP contribution in [0, 0.1) is 6.92 Å². The minimum Gasteiger partial charge on any atom is -0.497 e. The number of methoxy groups -OCH3 is 2. The maximum Gasteiger partial charge on any atom is 0.255 e. The second-order valence-corrected chi connectivity index (χ2v) is 8.14. The quantitative estimate of drug-likeness (QED) is 0.444. The molecule has 1 aliphatic heterocycles. The molecule has 1 aliphatic rings. The lowest BCUT2D eigenvalue weighted by Crippen LogP contribution is -2.16. The third kappa shape index (κ3) is 3.96. The summed E-state index contributed by atoms with van der Waals surface area (Å²) in [4.78, 5) is 20.0. The summed E-state index contributed by atoms with van der Waals surface area (Å²) in [5.41, 5.74) is 5.59. The Morgan fingerprint density at radius 1 is 0.970 bits per heavy atom. The van der Waals surface area contributed by atoms with Gasteiger partial charge in [0.1, 0.15) is 17.3 Å². The van der Waals surface area contributed by atoms with E-state index in [2.05, 4.69) is 41.4 Å². The number of fused-ring (bicyclic) bond motifs is 2. The van der Waals surface area contributed by atoms with E-state index in [1.807, 2.05) is 24.3 Å². The highest BCUT2D eigenvalue weighted by atomic mass is 16.5. The zero-order valence-electron chi connectivity index (χ0n) is 18.9. The van der Waals surface area contributed by atoms with Crippen LogP contribution in [0.15, 0.2) is 66.7 Å². The topological polar surface area (TPSA) is 63.7 Å². The summed E-state index contributed by atoms with van der Waals surface area (Å²) in [5, 5.41) is 4.08. The van der Waals surface area contributed by atoms with E-state index in [9.17, 15) is 4.79 Å². The van der Waals surface area contributed by atoms with Gasteiger partial charge in [-0.1, -0.05) is 12.1 Å². The molecule has 0 radical (unpaired) electrons. The van der Waals surface area contributed by atoms with Gasteiger partial charge in [0.15, 0.2) is 0 Å². The number of pyridine rings is 1. The van der Waals surface area contributed by atoms with Crippen LogP contribution in [0.5, 0.6) is 11.5 Å². The Labute approximate surface area is 192 Å². The van der Waals surface area contributed by atoms with E-state index >= 15 is 0 Å². The molecule has 0 saturated heterocycles. The number of hydrogen-bond donors (Lipinski definition) is 1. The molecule has 0 unspecified atom stereocenters. The number of nitrogens with one attached hydrogen (secondary N) is 1. The van der Waals surface area contributed by atoms with Gasteiger partial charge in [0.2, 0.25) is 0 Å². The van der Waals surface area contributed by atoms with Crippen molar-refractivity contribution in [1.82, 2.24) is 4.98 Å². The van der Waals surface area contributed by atoms with Crippen LogP contribution in [0.1, 0.15) is 21.5 Å². The molecule has 0 bridgehead atoms. The van der Waals surface area contributed by atoms with E-state index in [4.69, 9.17) is 14.5 Å². The van der Waals surface area contributed by atoms with Crippen LogP contribution in [-0.4, -0.2) is 31.7 Å². The van der Waals surface area contributed by atoms with E-state index in [1.54, 1.807) is 32.4 Å². The minimum atomic E-state index is -0.213. The molecule has 0 saturated carbocycles. The lowest BCUT2D eigenvalue weighted by molar-refractivity contribution is 0.102. The number of amides is 1. The summed E-state index contributed by atoms with van der Waals surface area (Å²) < 4.78 is 10.6. The first-order chi connectivity index (χ1) is 16.1. The van der Waals surface area contributed by atoms with E-state index in [0.29, 0.717) is 22.7 Å². The number of nitrogens with zero attached hydrogens (tertiary/aromatic N) is 2. The smallest absolute Gasteiger partial charge is 0.255 e. The molecule has 5 rings (SSSR count). The number of aryl methyl sites for hydroxylation is 1. The molecule has 3 aromatic carbocycles. The van der Waals surface area contributed by atoms with Crippen molar-refractivity contribution in [3.05, 3.63) is 83.4 Å². The standard InChI is InChI=1S/C27H25N3O3/c1-17-4-5-19-15-20-12-13-30(26(20)28-23(19)14-17)21-8-6-18(7-9-21)27(31)29-24-16-22(32-2)10-11-25(24)33-3/h4-11,14-16H,12-13H2,1-3H3,(H,29,31). The maximum absolute atomic E-state index is 12.9. The van der Waals surface area contributed by atoms with Crippen molar-refractivity contribution in [3.8, 4) is 11.5 Å². The third-order valence-electron chi connectivity index (χ3n) is 5.99. The number of anilines is 3. The first-order valence-corrected chi connectivity index (χ1v) is 10.9. The fourth-order valence-electron chi connectivity index (χ4n) is 4.22. The minimum absolute atomic E-state index is 0.213. The van der Waals surface area contributed by atoms with Crippen LogP contribution >= 0.6 is 0 Å². The average Bonchev–Trinajstić information content (AvgIpc) is 3.25. The van der Waals surface area contributed by atoms with Crippen molar-refractivity contribution in [1.29, 1.82) is 0 Å². The Morgan fingerprint density at radius 3 is 2.55 bits per heavy atom. The van der Waals surface area contributed by atoms with Crippen LogP contribution in [0.4, 0.5) is 17.2 Å². The summed E-state index contributed by atoms with van der Waals surface area (Å²) in [6.07, 6.45) is 0.948. The van der Waals surface area contributed by atoms with E-state index in [1.165, 1.54) is 16.5 Å². The zero-order valence-corrected chi connectivity index (χ0v) is 18.9. The molecule has 0 atom stereocenters. The van der Waals surface area contributed by atoms with Crippen LogP contribution < -0.4 is 19.7 Å². The average molecular weight is 440 g/mol. The predicted octanol–water partition coefficient (Wildman–Crippen LogP) is 5.51. The van der Waals surface area contributed by atoms with Gasteiger partial charge in [-0.25, -0.2) is 4.98 Å². The van der Waals surface area contributed by atoms with Gasteiger partial charge in [-0.2, -0.15) is 0 Å². The molecule has 6 nitrogen and oxygen atoms in total.